The summed E-state index contributed by atoms with van der Waals surface area (Å²) in [6.45, 7) is 0.223. The largest absolute Gasteiger partial charge is 0.497 e. The number of carbonyl (C=O) groups is 2. The summed E-state index contributed by atoms with van der Waals surface area (Å²) in [5.74, 6) is 0.666. The van der Waals surface area contributed by atoms with E-state index in [0.717, 1.165) is 30.6 Å². The molecule has 3 rings (SSSR count). The Morgan fingerprint density at radius 1 is 1.12 bits per heavy atom. The predicted octanol–water partition coefficient (Wildman–Crippen LogP) is 4.13. The van der Waals surface area contributed by atoms with Crippen molar-refractivity contribution < 1.29 is 19.1 Å². The molecule has 26 heavy (non-hydrogen) atoms. The molecule has 2 amide bonds. The van der Waals surface area contributed by atoms with Crippen molar-refractivity contribution in [2.45, 2.75) is 31.7 Å². The first kappa shape index (κ1) is 18.0. The molecule has 0 bridgehead atoms. The van der Waals surface area contributed by atoms with Crippen LogP contribution in [0.5, 0.6) is 5.75 Å². The van der Waals surface area contributed by atoms with Gasteiger partial charge < -0.3 is 9.47 Å². The minimum atomic E-state index is -0.543. The minimum absolute atomic E-state index is 0.170. The van der Waals surface area contributed by atoms with Gasteiger partial charge in [-0.05, 0) is 42.5 Å². The van der Waals surface area contributed by atoms with E-state index in [-0.39, 0.29) is 18.6 Å². The minimum Gasteiger partial charge on any atom is -0.497 e. The SMILES string of the molecule is COc1ccc(CCCCC(=O)N2C(=O)OC[C@H]2c2ccccc2)cc1. The summed E-state index contributed by atoms with van der Waals surface area (Å²) in [5.41, 5.74) is 2.13. The van der Waals surface area contributed by atoms with E-state index in [0.29, 0.717) is 6.42 Å². The number of methoxy groups -OCH3 is 1. The first-order valence-corrected chi connectivity index (χ1v) is 8.85. The molecule has 1 fully saturated rings. The van der Waals surface area contributed by atoms with E-state index < -0.39 is 6.09 Å². The highest BCUT2D eigenvalue weighted by molar-refractivity contribution is 5.93. The molecule has 1 heterocycles. The second-order valence-electron chi connectivity index (χ2n) is 6.32. The summed E-state index contributed by atoms with van der Waals surface area (Å²) in [7, 11) is 1.65. The molecule has 1 aliphatic rings. The second-order valence-corrected chi connectivity index (χ2v) is 6.32. The molecule has 1 aliphatic heterocycles. The third kappa shape index (κ3) is 4.23. The number of imide groups is 1. The number of amides is 2. The quantitative estimate of drug-likeness (QED) is 0.703. The van der Waals surface area contributed by atoms with E-state index in [1.165, 1.54) is 10.5 Å². The molecular formula is C21H23NO4. The molecule has 0 saturated carbocycles. The van der Waals surface area contributed by atoms with Crippen molar-refractivity contribution in [1.82, 2.24) is 4.90 Å². The molecule has 0 radical (unpaired) electrons. The Kier molecular flexibility index (Phi) is 5.89. The maximum absolute atomic E-state index is 12.5. The van der Waals surface area contributed by atoms with Crippen LogP contribution in [0, 0.1) is 0 Å². The van der Waals surface area contributed by atoms with Gasteiger partial charge in [-0.1, -0.05) is 42.5 Å². The van der Waals surface area contributed by atoms with Gasteiger partial charge in [0, 0.05) is 6.42 Å². The Morgan fingerprint density at radius 3 is 2.54 bits per heavy atom. The van der Waals surface area contributed by atoms with Gasteiger partial charge in [0.15, 0.2) is 0 Å². The van der Waals surface area contributed by atoms with E-state index >= 15 is 0 Å². The zero-order valence-electron chi connectivity index (χ0n) is 14.9. The molecule has 5 nitrogen and oxygen atoms in total. The fourth-order valence-corrected chi connectivity index (χ4v) is 3.14. The van der Waals surface area contributed by atoms with Crippen molar-refractivity contribution in [2.24, 2.45) is 0 Å². The number of hydrogen-bond donors (Lipinski definition) is 0. The Labute approximate surface area is 153 Å². The van der Waals surface area contributed by atoms with Crippen LogP contribution < -0.4 is 4.74 Å². The van der Waals surface area contributed by atoms with Crippen LogP contribution in [0.15, 0.2) is 54.6 Å². The standard InChI is InChI=1S/C21H23NO4/c1-25-18-13-11-16(12-14-18)7-5-6-10-20(23)22-19(15-26-21(22)24)17-8-3-2-4-9-17/h2-4,8-9,11-14,19H,5-7,10,15H2,1H3/t19-/m0/s1. The average Bonchev–Trinajstić information content (AvgIpc) is 3.08. The van der Waals surface area contributed by atoms with Crippen molar-refractivity contribution in [1.29, 1.82) is 0 Å². The number of unbranched alkanes of at least 4 members (excludes halogenated alkanes) is 1. The van der Waals surface area contributed by atoms with Crippen LogP contribution in [0.3, 0.4) is 0 Å². The molecule has 0 N–H and O–H groups in total. The Hall–Kier alpha value is -2.82. The van der Waals surface area contributed by atoms with Crippen LogP contribution in [0.1, 0.15) is 36.4 Å². The van der Waals surface area contributed by atoms with Gasteiger partial charge in [0.1, 0.15) is 18.4 Å². The van der Waals surface area contributed by atoms with E-state index in [4.69, 9.17) is 9.47 Å². The summed E-state index contributed by atoms with van der Waals surface area (Å²) >= 11 is 0. The first-order chi connectivity index (χ1) is 12.7. The van der Waals surface area contributed by atoms with E-state index in [2.05, 4.69) is 0 Å². The van der Waals surface area contributed by atoms with Crippen LogP contribution in [-0.2, 0) is 16.0 Å². The predicted molar refractivity (Wildman–Crippen MR) is 97.9 cm³/mol. The van der Waals surface area contributed by atoms with Crippen LogP contribution in [0.2, 0.25) is 0 Å². The van der Waals surface area contributed by atoms with Gasteiger partial charge in [-0.2, -0.15) is 0 Å². The summed E-state index contributed by atoms with van der Waals surface area (Å²) in [5, 5.41) is 0. The van der Waals surface area contributed by atoms with E-state index in [9.17, 15) is 9.59 Å². The Bertz CT molecular complexity index is 742. The molecule has 136 valence electrons. The van der Waals surface area contributed by atoms with Gasteiger partial charge in [0.05, 0.1) is 7.11 Å². The van der Waals surface area contributed by atoms with Crippen LogP contribution in [0.25, 0.3) is 0 Å². The van der Waals surface area contributed by atoms with Crippen molar-refractivity contribution in [3.63, 3.8) is 0 Å². The third-order valence-electron chi connectivity index (χ3n) is 4.59. The van der Waals surface area contributed by atoms with Crippen molar-refractivity contribution in [3.8, 4) is 5.75 Å². The summed E-state index contributed by atoms with van der Waals surface area (Å²) in [6.07, 6.45) is 2.31. The summed E-state index contributed by atoms with van der Waals surface area (Å²) < 4.78 is 10.3. The smallest absolute Gasteiger partial charge is 0.417 e. The van der Waals surface area contributed by atoms with Gasteiger partial charge in [-0.25, -0.2) is 9.69 Å². The maximum Gasteiger partial charge on any atom is 0.417 e. The lowest BCUT2D eigenvalue weighted by molar-refractivity contribution is -0.129. The Balaban J connectivity index is 1.51. The molecule has 1 atom stereocenters. The lowest BCUT2D eigenvalue weighted by atomic mass is 10.0. The van der Waals surface area contributed by atoms with Gasteiger partial charge in [-0.3, -0.25) is 4.79 Å². The van der Waals surface area contributed by atoms with Crippen molar-refractivity contribution in [2.75, 3.05) is 13.7 Å². The van der Waals surface area contributed by atoms with Gasteiger partial charge in [0.25, 0.3) is 0 Å². The molecule has 2 aromatic rings. The number of aryl methyl sites for hydroxylation is 1. The van der Waals surface area contributed by atoms with Gasteiger partial charge in [-0.15, -0.1) is 0 Å². The van der Waals surface area contributed by atoms with Gasteiger partial charge >= 0.3 is 6.09 Å². The Morgan fingerprint density at radius 2 is 1.85 bits per heavy atom. The number of ether oxygens (including phenoxy) is 2. The van der Waals surface area contributed by atoms with E-state index in [1.54, 1.807) is 7.11 Å². The monoisotopic (exact) mass is 353 g/mol. The molecule has 0 aliphatic carbocycles. The van der Waals surface area contributed by atoms with Crippen LogP contribution >= 0.6 is 0 Å². The lowest BCUT2D eigenvalue weighted by Gasteiger charge is -2.19. The highest BCUT2D eigenvalue weighted by Gasteiger charge is 2.38. The average molecular weight is 353 g/mol. The topological polar surface area (TPSA) is 55.8 Å². The van der Waals surface area contributed by atoms with E-state index in [1.807, 2.05) is 54.6 Å². The molecule has 0 aromatic heterocycles. The fraction of sp³-hybridized carbons (Fsp3) is 0.333. The highest BCUT2D eigenvalue weighted by Crippen LogP contribution is 2.28. The number of rotatable bonds is 7. The summed E-state index contributed by atoms with van der Waals surface area (Å²) in [6, 6.07) is 17.1. The third-order valence-corrected chi connectivity index (χ3v) is 4.59. The second kappa shape index (κ2) is 8.52. The van der Waals surface area contributed by atoms with Gasteiger partial charge in [0.2, 0.25) is 5.91 Å². The highest BCUT2D eigenvalue weighted by atomic mass is 16.6. The van der Waals surface area contributed by atoms with Crippen LogP contribution in [-0.4, -0.2) is 30.6 Å². The van der Waals surface area contributed by atoms with Crippen molar-refractivity contribution in [3.05, 3.63) is 65.7 Å². The molecule has 2 aromatic carbocycles. The molecular weight excluding hydrogens is 330 g/mol. The fourth-order valence-electron chi connectivity index (χ4n) is 3.14. The summed E-state index contributed by atoms with van der Waals surface area (Å²) in [4.78, 5) is 25.8. The number of cyclic esters (lactones) is 1. The number of carbonyl (C=O) groups excluding carboxylic acids is 2. The maximum atomic E-state index is 12.5. The molecule has 1 saturated heterocycles. The number of hydrogen-bond acceptors (Lipinski definition) is 4. The zero-order valence-corrected chi connectivity index (χ0v) is 14.9. The lowest BCUT2D eigenvalue weighted by Crippen LogP contribution is -2.34. The normalized spacial score (nSPS) is 16.4. The van der Waals surface area contributed by atoms with Crippen LogP contribution in [0.4, 0.5) is 4.79 Å². The molecule has 0 unspecified atom stereocenters. The molecule has 5 heteroatoms. The first-order valence-electron chi connectivity index (χ1n) is 8.85. The number of nitrogens with zero attached hydrogens (tertiary/aromatic N) is 1. The zero-order chi connectivity index (χ0) is 18.4. The van der Waals surface area contributed by atoms with Crippen molar-refractivity contribution >= 4 is 12.0 Å². The molecule has 0 spiro atoms. The number of benzene rings is 2.